The molecule has 0 bridgehead atoms. The van der Waals surface area contributed by atoms with Gasteiger partial charge in [-0.1, -0.05) is 12.8 Å². The number of carbonyl (C=O) groups excluding carboxylic acids is 1. The molecule has 0 aromatic carbocycles. The highest BCUT2D eigenvalue weighted by Gasteiger charge is 2.26. The number of hydrogen-bond acceptors (Lipinski definition) is 4. The number of imidazole rings is 1. The van der Waals surface area contributed by atoms with E-state index in [2.05, 4.69) is 9.55 Å². The normalized spacial score (nSPS) is 22.6. The maximum Gasteiger partial charge on any atom is 0.248 e. The van der Waals surface area contributed by atoms with Crippen LogP contribution in [0.3, 0.4) is 0 Å². The van der Waals surface area contributed by atoms with Crippen molar-refractivity contribution >= 4 is 5.91 Å². The van der Waals surface area contributed by atoms with Crippen molar-refractivity contribution < 1.29 is 14.3 Å². The SMILES string of the molecule is COCC1CN(C(=O)COC2CCCC2)Cc2cncn2C1. The van der Waals surface area contributed by atoms with Crippen molar-refractivity contribution in [1.29, 1.82) is 0 Å². The third-order valence-corrected chi connectivity index (χ3v) is 4.58. The van der Waals surface area contributed by atoms with Crippen molar-refractivity contribution in [2.24, 2.45) is 5.92 Å². The summed E-state index contributed by atoms with van der Waals surface area (Å²) in [6, 6.07) is 0. The Morgan fingerprint density at radius 2 is 2.18 bits per heavy atom. The van der Waals surface area contributed by atoms with Gasteiger partial charge in [-0.2, -0.15) is 0 Å². The van der Waals surface area contributed by atoms with Crippen molar-refractivity contribution in [2.45, 2.75) is 44.9 Å². The molecule has 1 aromatic rings. The van der Waals surface area contributed by atoms with Crippen LogP contribution in [0.5, 0.6) is 0 Å². The average molecular weight is 307 g/mol. The summed E-state index contributed by atoms with van der Waals surface area (Å²) < 4.78 is 13.2. The molecule has 6 nitrogen and oxygen atoms in total. The van der Waals surface area contributed by atoms with Gasteiger partial charge in [-0.05, 0) is 12.8 Å². The molecule has 6 heteroatoms. The number of aromatic nitrogens is 2. The maximum absolute atomic E-state index is 12.5. The molecule has 0 saturated heterocycles. The number of methoxy groups -OCH3 is 1. The molecule has 1 aromatic heterocycles. The number of amides is 1. The van der Waals surface area contributed by atoms with Crippen LogP contribution in [0.15, 0.2) is 12.5 Å². The van der Waals surface area contributed by atoms with Gasteiger partial charge in [-0.25, -0.2) is 4.98 Å². The predicted molar refractivity (Wildman–Crippen MR) is 81.2 cm³/mol. The number of hydrogen-bond donors (Lipinski definition) is 0. The van der Waals surface area contributed by atoms with Crippen LogP contribution in [-0.2, 0) is 27.4 Å². The summed E-state index contributed by atoms with van der Waals surface area (Å²) in [6.45, 7) is 3.00. The zero-order chi connectivity index (χ0) is 15.4. The van der Waals surface area contributed by atoms with E-state index in [1.807, 2.05) is 17.4 Å². The number of ether oxygens (including phenoxy) is 2. The van der Waals surface area contributed by atoms with E-state index >= 15 is 0 Å². The van der Waals surface area contributed by atoms with E-state index in [-0.39, 0.29) is 24.5 Å². The van der Waals surface area contributed by atoms with Crippen LogP contribution in [0.2, 0.25) is 0 Å². The molecule has 0 N–H and O–H groups in total. The molecule has 1 aliphatic carbocycles. The van der Waals surface area contributed by atoms with E-state index in [9.17, 15) is 4.79 Å². The van der Waals surface area contributed by atoms with Crippen LogP contribution in [-0.4, -0.2) is 53.3 Å². The molecule has 22 heavy (non-hydrogen) atoms. The van der Waals surface area contributed by atoms with Gasteiger partial charge >= 0.3 is 0 Å². The van der Waals surface area contributed by atoms with Gasteiger partial charge in [0.1, 0.15) is 6.61 Å². The van der Waals surface area contributed by atoms with Gasteiger partial charge in [-0.3, -0.25) is 4.79 Å². The zero-order valence-electron chi connectivity index (χ0n) is 13.2. The van der Waals surface area contributed by atoms with E-state index in [4.69, 9.17) is 9.47 Å². The fourth-order valence-electron chi connectivity index (χ4n) is 3.42. The molecule has 2 heterocycles. The Bertz CT molecular complexity index is 497. The van der Waals surface area contributed by atoms with Gasteiger partial charge in [0.15, 0.2) is 0 Å². The third-order valence-electron chi connectivity index (χ3n) is 4.58. The lowest BCUT2D eigenvalue weighted by atomic mass is 10.1. The third kappa shape index (κ3) is 3.67. The Hall–Kier alpha value is -1.40. The number of rotatable bonds is 5. The minimum atomic E-state index is 0.0719. The standard InChI is InChI=1S/C16H25N3O3/c1-21-10-13-7-18(9-14-6-17-12-19(14)8-13)16(20)11-22-15-4-2-3-5-15/h6,12-13,15H,2-5,7-11H2,1H3. The second-order valence-corrected chi connectivity index (χ2v) is 6.35. The molecular weight excluding hydrogens is 282 g/mol. The van der Waals surface area contributed by atoms with Crippen molar-refractivity contribution in [1.82, 2.24) is 14.5 Å². The molecule has 1 aliphatic heterocycles. The topological polar surface area (TPSA) is 56.6 Å². The molecule has 1 saturated carbocycles. The number of carbonyl (C=O) groups is 1. The van der Waals surface area contributed by atoms with E-state index in [0.29, 0.717) is 19.7 Å². The first-order valence-corrected chi connectivity index (χ1v) is 8.13. The molecular formula is C16H25N3O3. The first kappa shape index (κ1) is 15.5. The van der Waals surface area contributed by atoms with Gasteiger partial charge < -0.3 is 18.9 Å². The van der Waals surface area contributed by atoms with Crippen LogP contribution in [0, 0.1) is 5.92 Å². The molecule has 0 spiro atoms. The fourth-order valence-corrected chi connectivity index (χ4v) is 3.42. The van der Waals surface area contributed by atoms with Crippen LogP contribution in [0.4, 0.5) is 0 Å². The molecule has 3 rings (SSSR count). The predicted octanol–water partition coefficient (Wildman–Crippen LogP) is 1.45. The molecule has 1 fully saturated rings. The van der Waals surface area contributed by atoms with Crippen LogP contribution >= 0.6 is 0 Å². The first-order chi connectivity index (χ1) is 10.8. The van der Waals surface area contributed by atoms with Crippen LogP contribution in [0.1, 0.15) is 31.4 Å². The largest absolute Gasteiger partial charge is 0.384 e. The van der Waals surface area contributed by atoms with E-state index in [1.165, 1.54) is 12.8 Å². The summed E-state index contributed by atoms with van der Waals surface area (Å²) in [4.78, 5) is 18.6. The van der Waals surface area contributed by atoms with Crippen molar-refractivity contribution in [2.75, 3.05) is 26.9 Å². The van der Waals surface area contributed by atoms with Crippen molar-refractivity contribution in [3.63, 3.8) is 0 Å². The highest BCUT2D eigenvalue weighted by molar-refractivity contribution is 5.77. The lowest BCUT2D eigenvalue weighted by molar-refractivity contribution is -0.139. The molecule has 1 amide bonds. The van der Waals surface area contributed by atoms with Gasteiger partial charge in [0.25, 0.3) is 0 Å². The summed E-state index contributed by atoms with van der Waals surface area (Å²) in [5.74, 6) is 0.360. The summed E-state index contributed by atoms with van der Waals surface area (Å²) in [5, 5.41) is 0. The van der Waals surface area contributed by atoms with Gasteiger partial charge in [0, 0.05) is 32.3 Å². The Labute approximate surface area is 131 Å². The Balaban J connectivity index is 1.61. The highest BCUT2D eigenvalue weighted by Crippen LogP contribution is 2.21. The van der Waals surface area contributed by atoms with E-state index in [0.717, 1.165) is 25.1 Å². The van der Waals surface area contributed by atoms with E-state index in [1.54, 1.807) is 7.11 Å². The zero-order valence-corrected chi connectivity index (χ0v) is 13.2. The Morgan fingerprint density at radius 1 is 1.36 bits per heavy atom. The summed E-state index contributed by atoms with van der Waals surface area (Å²) >= 11 is 0. The Morgan fingerprint density at radius 3 is 2.95 bits per heavy atom. The molecule has 2 aliphatic rings. The van der Waals surface area contributed by atoms with E-state index < -0.39 is 0 Å². The second kappa shape index (κ2) is 7.24. The highest BCUT2D eigenvalue weighted by atomic mass is 16.5. The lowest BCUT2D eigenvalue weighted by Crippen LogP contribution is -2.38. The minimum Gasteiger partial charge on any atom is -0.384 e. The second-order valence-electron chi connectivity index (χ2n) is 6.35. The summed E-state index contributed by atoms with van der Waals surface area (Å²) in [6.07, 6.45) is 8.57. The lowest BCUT2D eigenvalue weighted by Gasteiger charge is -2.24. The van der Waals surface area contributed by atoms with Gasteiger partial charge in [0.05, 0.1) is 31.3 Å². The van der Waals surface area contributed by atoms with Crippen LogP contribution in [0.25, 0.3) is 0 Å². The van der Waals surface area contributed by atoms with Crippen molar-refractivity contribution in [3.05, 3.63) is 18.2 Å². The quantitative estimate of drug-likeness (QED) is 0.826. The maximum atomic E-state index is 12.5. The average Bonchev–Trinajstić information content (AvgIpc) is 3.14. The molecule has 1 unspecified atom stereocenters. The number of nitrogens with zero attached hydrogens (tertiary/aromatic N) is 3. The molecule has 1 atom stereocenters. The van der Waals surface area contributed by atoms with Gasteiger partial charge in [-0.15, -0.1) is 0 Å². The van der Waals surface area contributed by atoms with Crippen molar-refractivity contribution in [3.8, 4) is 0 Å². The molecule has 122 valence electrons. The number of fused-ring (bicyclic) bond motifs is 1. The van der Waals surface area contributed by atoms with Crippen LogP contribution < -0.4 is 0 Å². The van der Waals surface area contributed by atoms with Gasteiger partial charge in [0.2, 0.25) is 5.91 Å². The monoisotopic (exact) mass is 307 g/mol. The summed E-state index contributed by atoms with van der Waals surface area (Å²) in [5.41, 5.74) is 1.08. The smallest absolute Gasteiger partial charge is 0.248 e. The molecule has 0 radical (unpaired) electrons. The minimum absolute atomic E-state index is 0.0719. The fraction of sp³-hybridized carbons (Fsp3) is 0.750. The Kier molecular flexibility index (Phi) is 5.10. The summed E-state index contributed by atoms with van der Waals surface area (Å²) in [7, 11) is 1.70. The first-order valence-electron chi connectivity index (χ1n) is 8.13.